The van der Waals surface area contributed by atoms with Gasteiger partial charge in [-0.3, -0.25) is 19.8 Å². The van der Waals surface area contributed by atoms with E-state index in [1.165, 1.54) is 11.3 Å². The van der Waals surface area contributed by atoms with Crippen molar-refractivity contribution in [2.45, 2.75) is 44.3 Å². The van der Waals surface area contributed by atoms with E-state index in [-0.39, 0.29) is 12.0 Å². The normalized spacial score (nSPS) is 17.8. The van der Waals surface area contributed by atoms with E-state index in [1.54, 1.807) is 11.0 Å². The highest BCUT2D eigenvalue weighted by Crippen LogP contribution is 2.36. The van der Waals surface area contributed by atoms with Crippen LogP contribution < -0.4 is 10.2 Å². The number of para-hydroxylation sites is 1. The Morgan fingerprint density at radius 3 is 2.73 bits per heavy atom. The van der Waals surface area contributed by atoms with Gasteiger partial charge in [-0.2, -0.15) is 5.10 Å². The minimum atomic E-state index is -3.01. The van der Waals surface area contributed by atoms with E-state index >= 15 is 0 Å². The molecule has 40 heavy (non-hydrogen) atoms. The molecule has 5 rings (SSSR count). The van der Waals surface area contributed by atoms with E-state index in [0.717, 1.165) is 22.0 Å². The average Bonchev–Trinajstić information content (AvgIpc) is 3.72. The Bertz CT molecular complexity index is 1380. The number of rotatable bonds is 10. The van der Waals surface area contributed by atoms with Gasteiger partial charge in [0.15, 0.2) is 0 Å². The molecule has 212 valence electrons. The van der Waals surface area contributed by atoms with Crippen LogP contribution >= 0.6 is 11.3 Å². The van der Waals surface area contributed by atoms with Crippen molar-refractivity contribution in [1.82, 2.24) is 25.1 Å². The van der Waals surface area contributed by atoms with Gasteiger partial charge in [-0.1, -0.05) is 30.9 Å². The Kier molecular flexibility index (Phi) is 8.50. The topological polar surface area (TPSA) is 81.5 Å². The van der Waals surface area contributed by atoms with Gasteiger partial charge in [0.2, 0.25) is 5.91 Å². The molecule has 1 N–H and O–H groups in total. The molecule has 2 aliphatic rings. The van der Waals surface area contributed by atoms with Gasteiger partial charge in [0, 0.05) is 30.0 Å². The molecule has 1 amide bonds. The fourth-order valence-electron chi connectivity index (χ4n) is 4.70. The van der Waals surface area contributed by atoms with Crippen LogP contribution in [0.1, 0.15) is 65.4 Å². The van der Waals surface area contributed by atoms with E-state index in [9.17, 15) is 22.4 Å². The van der Waals surface area contributed by atoms with Gasteiger partial charge < -0.3 is 9.64 Å². The summed E-state index contributed by atoms with van der Waals surface area (Å²) in [6, 6.07) is 8.26. The van der Waals surface area contributed by atoms with Crippen LogP contribution in [0.2, 0.25) is 0 Å². The molecule has 0 aliphatic carbocycles. The van der Waals surface area contributed by atoms with Crippen LogP contribution in [0.25, 0.3) is 5.70 Å². The van der Waals surface area contributed by atoms with Crippen molar-refractivity contribution < 1.29 is 31.9 Å². The van der Waals surface area contributed by atoms with E-state index in [0.29, 0.717) is 49.0 Å². The highest BCUT2D eigenvalue weighted by molar-refractivity contribution is 7.09. The van der Waals surface area contributed by atoms with Crippen molar-refractivity contribution in [3.05, 3.63) is 82.1 Å². The molecular formula is C27H27F4N5O3S. The molecule has 1 saturated heterocycles. The summed E-state index contributed by atoms with van der Waals surface area (Å²) in [6.07, 6.45) is -1.46. The monoisotopic (exact) mass is 577 g/mol. The number of amides is 1. The first-order valence-corrected chi connectivity index (χ1v) is 13.6. The zero-order valence-electron chi connectivity index (χ0n) is 21.3. The average molecular weight is 578 g/mol. The summed E-state index contributed by atoms with van der Waals surface area (Å²) in [5.74, 6) is 0.394. The number of ether oxygens (including phenoxy) is 1. The molecule has 0 spiro atoms. The summed E-state index contributed by atoms with van der Waals surface area (Å²) in [4.78, 5) is 24.9. The minimum absolute atomic E-state index is 0.126. The molecule has 1 fully saturated rings. The van der Waals surface area contributed by atoms with Gasteiger partial charge >= 0.3 is 0 Å². The third-order valence-corrected chi connectivity index (χ3v) is 7.76. The van der Waals surface area contributed by atoms with Gasteiger partial charge in [0.05, 0.1) is 16.4 Å². The second-order valence-electron chi connectivity index (χ2n) is 9.34. The van der Waals surface area contributed by atoms with Crippen molar-refractivity contribution in [2.24, 2.45) is 0 Å². The number of aromatic nitrogens is 3. The molecule has 2 aromatic heterocycles. The second kappa shape index (κ2) is 12.2. The third kappa shape index (κ3) is 6.04. The lowest BCUT2D eigenvalue weighted by Gasteiger charge is -2.31. The number of hydrogen-bond acceptors (Lipinski definition) is 7. The van der Waals surface area contributed by atoms with Crippen molar-refractivity contribution in [1.29, 1.82) is 0 Å². The van der Waals surface area contributed by atoms with Crippen molar-refractivity contribution >= 4 is 22.9 Å². The zero-order valence-corrected chi connectivity index (χ0v) is 22.1. The second-order valence-corrected chi connectivity index (χ2v) is 10.2. The minimum Gasteiger partial charge on any atom is -0.489 e. The molecule has 1 atom stereocenters. The van der Waals surface area contributed by atoms with Gasteiger partial charge in [-0.25, -0.2) is 22.5 Å². The van der Waals surface area contributed by atoms with Crippen LogP contribution in [-0.4, -0.2) is 45.3 Å². The third-order valence-electron chi connectivity index (χ3n) is 6.75. The van der Waals surface area contributed by atoms with E-state index in [2.05, 4.69) is 17.2 Å². The molecule has 8 nitrogen and oxygen atoms in total. The SMILES string of the molecule is C=CCOc1ccccc1C1C=C(c2csc(C3CCN(C(=O)Cn4nc(C(F)F)cc4C(F)F)CC3)n2)NO1. The number of hydrogen-bond donors (Lipinski definition) is 1. The maximum Gasteiger partial charge on any atom is 0.282 e. The number of nitrogens with zero attached hydrogens (tertiary/aromatic N) is 4. The number of thiazole rings is 1. The van der Waals surface area contributed by atoms with Crippen molar-refractivity contribution in [3.63, 3.8) is 0 Å². The fraction of sp³-hybridized carbons (Fsp3) is 0.370. The number of carbonyl (C=O) groups excluding carboxylic acids is 1. The Balaban J connectivity index is 1.19. The van der Waals surface area contributed by atoms with Gasteiger partial charge in [0.1, 0.15) is 36.4 Å². The first-order chi connectivity index (χ1) is 19.3. The predicted molar refractivity (Wildman–Crippen MR) is 140 cm³/mol. The van der Waals surface area contributed by atoms with E-state index in [4.69, 9.17) is 14.6 Å². The summed E-state index contributed by atoms with van der Waals surface area (Å²) in [5.41, 5.74) is 3.87. The molecular weight excluding hydrogens is 550 g/mol. The lowest BCUT2D eigenvalue weighted by atomic mass is 9.97. The first-order valence-electron chi connectivity index (χ1n) is 12.7. The maximum absolute atomic E-state index is 13.3. The number of carbonyl (C=O) groups is 1. The summed E-state index contributed by atoms with van der Waals surface area (Å²) in [7, 11) is 0. The molecule has 0 saturated carbocycles. The van der Waals surface area contributed by atoms with Crippen LogP contribution in [0.5, 0.6) is 5.75 Å². The number of piperidine rings is 1. The summed E-state index contributed by atoms with van der Waals surface area (Å²) in [6.45, 7) is 4.35. The Morgan fingerprint density at radius 1 is 1.23 bits per heavy atom. The zero-order chi connectivity index (χ0) is 28.2. The van der Waals surface area contributed by atoms with Gasteiger partial charge in [0.25, 0.3) is 12.9 Å². The van der Waals surface area contributed by atoms with E-state index < -0.39 is 36.7 Å². The van der Waals surface area contributed by atoms with Crippen molar-refractivity contribution in [2.75, 3.05) is 19.7 Å². The lowest BCUT2D eigenvalue weighted by Crippen LogP contribution is -2.40. The number of benzene rings is 1. The Morgan fingerprint density at radius 2 is 2.00 bits per heavy atom. The smallest absolute Gasteiger partial charge is 0.282 e. The molecule has 3 aromatic rings. The molecule has 4 heterocycles. The van der Waals surface area contributed by atoms with Crippen LogP contribution in [0.3, 0.4) is 0 Å². The summed E-state index contributed by atoms with van der Waals surface area (Å²) >= 11 is 1.52. The van der Waals surface area contributed by atoms with E-state index in [1.807, 2.05) is 35.7 Å². The molecule has 1 aromatic carbocycles. The molecule has 1 unspecified atom stereocenters. The fourth-order valence-corrected chi connectivity index (χ4v) is 5.69. The van der Waals surface area contributed by atoms with Crippen molar-refractivity contribution in [3.8, 4) is 5.75 Å². The van der Waals surface area contributed by atoms with Gasteiger partial charge in [-0.15, -0.1) is 11.3 Å². The molecule has 2 aliphatic heterocycles. The molecule has 0 radical (unpaired) electrons. The van der Waals surface area contributed by atoms with Crippen LogP contribution in [0, 0.1) is 0 Å². The standard InChI is InChI=1S/C27H27F4N5O3S/c1-2-11-38-22-6-4-3-5-17(22)23-13-18(34-39-23)20-15-40-27(32-20)16-7-9-35(10-8-16)24(37)14-36-21(26(30)31)12-19(33-36)25(28)29/h2-6,12-13,15-16,23,25-26,34H,1,7-11,14H2. The van der Waals surface area contributed by atoms with Crippen LogP contribution in [-0.2, 0) is 16.2 Å². The highest BCUT2D eigenvalue weighted by atomic mass is 32.1. The number of hydroxylamine groups is 1. The summed E-state index contributed by atoms with van der Waals surface area (Å²) in [5, 5.41) is 6.38. The number of likely N-dealkylation sites (tertiary alicyclic amines) is 1. The number of nitrogens with one attached hydrogen (secondary N) is 1. The number of alkyl halides is 4. The predicted octanol–water partition coefficient (Wildman–Crippen LogP) is 5.80. The maximum atomic E-state index is 13.3. The molecule has 0 bridgehead atoms. The number of halogens is 4. The lowest BCUT2D eigenvalue weighted by molar-refractivity contribution is -0.133. The molecule has 13 heteroatoms. The van der Waals surface area contributed by atoms with Crippen LogP contribution in [0.4, 0.5) is 17.6 Å². The first kappa shape index (κ1) is 27.8. The van der Waals surface area contributed by atoms with Crippen LogP contribution in [0.15, 0.2) is 54.4 Å². The largest absolute Gasteiger partial charge is 0.489 e. The Hall–Kier alpha value is -3.71. The quantitative estimate of drug-likeness (QED) is 0.242. The summed E-state index contributed by atoms with van der Waals surface area (Å²) < 4.78 is 58.8. The Labute approximate surface area is 231 Å². The van der Waals surface area contributed by atoms with Gasteiger partial charge in [-0.05, 0) is 31.1 Å². The highest BCUT2D eigenvalue weighted by Gasteiger charge is 2.29.